The molecule has 49 heavy (non-hydrogen) atoms. The molecule has 0 aliphatic rings. The molecule has 0 atom stereocenters. The first-order valence-electron chi connectivity index (χ1n) is 16.4. The number of para-hydroxylation sites is 1. The van der Waals surface area contributed by atoms with Gasteiger partial charge in [-0.15, -0.1) is 22.7 Å². The third-order valence-corrected chi connectivity index (χ3v) is 12.3. The van der Waals surface area contributed by atoms with Crippen molar-refractivity contribution in [3.05, 3.63) is 152 Å². The van der Waals surface area contributed by atoms with Crippen LogP contribution in [0.4, 0.5) is 0 Å². The minimum absolute atomic E-state index is 0.813. The van der Waals surface area contributed by atoms with Crippen LogP contribution in [0.3, 0.4) is 0 Å². The molecule has 4 aromatic heterocycles. The molecule has 0 spiro atoms. The van der Waals surface area contributed by atoms with Gasteiger partial charge in [0.2, 0.25) is 0 Å². The van der Waals surface area contributed by atoms with Crippen LogP contribution in [0, 0.1) is 0 Å². The van der Waals surface area contributed by atoms with E-state index in [4.69, 9.17) is 9.40 Å². The van der Waals surface area contributed by atoms with E-state index in [1.807, 2.05) is 40.9 Å². The molecule has 0 N–H and O–H groups in total. The molecule has 11 rings (SSSR count). The number of rotatable bonds is 3. The van der Waals surface area contributed by atoms with Gasteiger partial charge in [-0.3, -0.25) is 0 Å². The molecule has 0 saturated heterocycles. The van der Waals surface area contributed by atoms with Gasteiger partial charge in [-0.05, 0) is 94.0 Å². The van der Waals surface area contributed by atoms with Crippen LogP contribution in [-0.2, 0) is 0 Å². The summed E-state index contributed by atoms with van der Waals surface area (Å²) in [6, 6.07) is 55.0. The normalized spacial score (nSPS) is 12.1. The summed E-state index contributed by atoms with van der Waals surface area (Å²) in [4.78, 5) is 5.05. The van der Waals surface area contributed by atoms with Crippen molar-refractivity contribution in [2.45, 2.75) is 0 Å². The van der Waals surface area contributed by atoms with Crippen LogP contribution in [0.15, 0.2) is 156 Å². The Morgan fingerprint density at radius 3 is 1.65 bits per heavy atom. The van der Waals surface area contributed by atoms with E-state index in [0.29, 0.717) is 0 Å². The number of thiophene rings is 2. The summed E-state index contributed by atoms with van der Waals surface area (Å²) in [5.74, 6) is 0. The number of hydrogen-bond donors (Lipinski definition) is 0. The van der Waals surface area contributed by atoms with Crippen LogP contribution in [-0.4, -0.2) is 4.98 Å². The van der Waals surface area contributed by atoms with Gasteiger partial charge in [0.1, 0.15) is 11.1 Å². The van der Waals surface area contributed by atoms with Crippen LogP contribution >= 0.6 is 22.7 Å². The fraction of sp³-hybridized carbons (Fsp3) is 0. The van der Waals surface area contributed by atoms with E-state index in [-0.39, 0.29) is 0 Å². The summed E-state index contributed by atoms with van der Waals surface area (Å²) < 4.78 is 11.5. The van der Waals surface area contributed by atoms with Gasteiger partial charge in [0, 0.05) is 51.1 Å². The first kappa shape index (κ1) is 27.2. The quantitative estimate of drug-likeness (QED) is 0.189. The van der Waals surface area contributed by atoms with Crippen LogP contribution in [0.2, 0.25) is 0 Å². The molecule has 0 bridgehead atoms. The molecule has 4 heterocycles. The zero-order valence-corrected chi connectivity index (χ0v) is 27.7. The zero-order valence-electron chi connectivity index (χ0n) is 26.1. The van der Waals surface area contributed by atoms with E-state index >= 15 is 0 Å². The number of aromatic nitrogens is 1. The number of hydrogen-bond acceptors (Lipinski definition) is 4. The zero-order chi connectivity index (χ0) is 32.1. The second-order valence-electron chi connectivity index (χ2n) is 12.7. The SMILES string of the molecule is c1ccc2c(c1)oc1cc3cc(-c4cc(-c5cccc6c5sc5ccccc56)cc(-c5cccc6c5sc5ccccc56)c4)ccc3nc12. The Bertz CT molecular complexity index is 2990. The molecule has 228 valence electrons. The lowest BCUT2D eigenvalue weighted by atomic mass is 9.92. The number of fused-ring (bicyclic) bond motifs is 10. The Balaban J connectivity index is 1.17. The van der Waals surface area contributed by atoms with E-state index in [0.717, 1.165) is 38.5 Å². The first-order valence-corrected chi connectivity index (χ1v) is 18.1. The Labute approximate surface area is 289 Å². The highest BCUT2D eigenvalue weighted by molar-refractivity contribution is 7.26. The van der Waals surface area contributed by atoms with Gasteiger partial charge < -0.3 is 4.42 Å². The topological polar surface area (TPSA) is 26.0 Å². The smallest absolute Gasteiger partial charge is 0.154 e. The van der Waals surface area contributed by atoms with Gasteiger partial charge in [-0.2, -0.15) is 0 Å². The van der Waals surface area contributed by atoms with E-state index in [2.05, 4.69) is 133 Å². The third kappa shape index (κ3) is 4.15. The summed E-state index contributed by atoms with van der Waals surface area (Å²) >= 11 is 3.76. The van der Waals surface area contributed by atoms with Gasteiger partial charge in [-0.1, -0.05) is 91.0 Å². The van der Waals surface area contributed by atoms with Gasteiger partial charge >= 0.3 is 0 Å². The van der Waals surface area contributed by atoms with E-state index < -0.39 is 0 Å². The van der Waals surface area contributed by atoms with Crippen molar-refractivity contribution in [3.8, 4) is 33.4 Å². The van der Waals surface area contributed by atoms with E-state index in [1.54, 1.807) is 0 Å². The largest absolute Gasteiger partial charge is 0.454 e. The van der Waals surface area contributed by atoms with Crippen molar-refractivity contribution in [1.29, 1.82) is 0 Å². The van der Waals surface area contributed by atoms with Crippen LogP contribution < -0.4 is 0 Å². The molecule has 11 aromatic rings. The molecule has 4 heteroatoms. The molecule has 2 nitrogen and oxygen atoms in total. The molecular formula is C45H25NOS2. The molecule has 0 fully saturated rings. The van der Waals surface area contributed by atoms with Gasteiger partial charge in [0.15, 0.2) is 5.58 Å². The molecule has 0 saturated carbocycles. The maximum Gasteiger partial charge on any atom is 0.154 e. The predicted octanol–water partition coefficient (Wildman–Crippen LogP) is 13.9. The van der Waals surface area contributed by atoms with Gasteiger partial charge in [0.25, 0.3) is 0 Å². The Hall–Kier alpha value is -5.81. The van der Waals surface area contributed by atoms with Crippen molar-refractivity contribution in [2.24, 2.45) is 0 Å². The summed E-state index contributed by atoms with van der Waals surface area (Å²) in [6.07, 6.45) is 0. The molecular weight excluding hydrogens is 635 g/mol. The molecule has 7 aromatic carbocycles. The van der Waals surface area contributed by atoms with Gasteiger partial charge in [-0.25, -0.2) is 4.98 Å². The molecule has 0 aliphatic carbocycles. The lowest BCUT2D eigenvalue weighted by molar-refractivity contribution is 0.669. The standard InChI is InChI=1S/C45H25NOS2/c1-4-16-39-37(11-1)43-40(47-39)25-30-21-26(19-20-38(30)46-43)27-22-28(31-12-7-14-35-33-9-2-5-17-41(33)48-44(31)35)24-29(23-27)32-13-8-15-36-34-10-3-6-18-42(34)49-45(32)36/h1-25H. The lowest BCUT2D eigenvalue weighted by Gasteiger charge is -2.13. The summed E-state index contributed by atoms with van der Waals surface area (Å²) in [5.41, 5.74) is 10.8. The number of benzene rings is 7. The molecule has 0 unspecified atom stereocenters. The van der Waals surface area contributed by atoms with Crippen LogP contribution in [0.25, 0.3) is 107 Å². The lowest BCUT2D eigenvalue weighted by Crippen LogP contribution is -1.88. The summed E-state index contributed by atoms with van der Waals surface area (Å²) in [6.45, 7) is 0. The molecule has 0 amide bonds. The maximum atomic E-state index is 6.23. The minimum Gasteiger partial charge on any atom is -0.454 e. The first-order chi connectivity index (χ1) is 24.2. The van der Waals surface area contributed by atoms with Crippen molar-refractivity contribution in [3.63, 3.8) is 0 Å². The molecule has 0 aliphatic heterocycles. The number of nitrogens with zero attached hydrogens (tertiary/aromatic N) is 1. The maximum absolute atomic E-state index is 6.23. The highest BCUT2D eigenvalue weighted by Crippen LogP contribution is 2.45. The van der Waals surface area contributed by atoms with Crippen LogP contribution in [0.5, 0.6) is 0 Å². The predicted molar refractivity (Wildman–Crippen MR) is 211 cm³/mol. The van der Waals surface area contributed by atoms with Crippen molar-refractivity contribution in [2.75, 3.05) is 0 Å². The van der Waals surface area contributed by atoms with Crippen molar-refractivity contribution in [1.82, 2.24) is 4.98 Å². The van der Waals surface area contributed by atoms with Crippen molar-refractivity contribution >= 4 is 96.0 Å². The van der Waals surface area contributed by atoms with E-state index in [1.165, 1.54) is 68.2 Å². The average Bonchev–Trinajstić information content (AvgIpc) is 3.84. The Morgan fingerprint density at radius 1 is 0.408 bits per heavy atom. The monoisotopic (exact) mass is 659 g/mol. The minimum atomic E-state index is 0.813. The highest BCUT2D eigenvalue weighted by Gasteiger charge is 2.17. The average molecular weight is 660 g/mol. The highest BCUT2D eigenvalue weighted by atomic mass is 32.1. The second kappa shape index (κ2) is 10.3. The van der Waals surface area contributed by atoms with E-state index in [9.17, 15) is 0 Å². The fourth-order valence-corrected chi connectivity index (χ4v) is 10.0. The number of furan rings is 1. The fourth-order valence-electron chi connectivity index (χ4n) is 7.53. The Morgan fingerprint density at radius 2 is 0.980 bits per heavy atom. The van der Waals surface area contributed by atoms with Crippen molar-refractivity contribution < 1.29 is 4.42 Å². The number of pyridine rings is 1. The van der Waals surface area contributed by atoms with Gasteiger partial charge in [0.05, 0.1) is 5.52 Å². The second-order valence-corrected chi connectivity index (χ2v) is 14.8. The summed E-state index contributed by atoms with van der Waals surface area (Å²) in [7, 11) is 0. The summed E-state index contributed by atoms with van der Waals surface area (Å²) in [5, 5.41) is 7.36. The van der Waals surface area contributed by atoms with Crippen LogP contribution in [0.1, 0.15) is 0 Å². The third-order valence-electron chi connectivity index (χ3n) is 9.84. The Kier molecular flexibility index (Phi) is 5.74. The molecule has 0 radical (unpaired) electrons.